The van der Waals surface area contributed by atoms with Gasteiger partial charge in [0.2, 0.25) is 0 Å². The minimum atomic E-state index is -0.194. The van der Waals surface area contributed by atoms with E-state index in [-0.39, 0.29) is 11.6 Å². The summed E-state index contributed by atoms with van der Waals surface area (Å²) in [6.07, 6.45) is 0. The number of rotatable bonds is 3. The SMILES string of the molecule is Nc1ccc(NCCBr)c2c1C(=O)c1ccccc1C2=O. The van der Waals surface area contributed by atoms with Crippen LogP contribution in [0.3, 0.4) is 0 Å². The van der Waals surface area contributed by atoms with E-state index in [1.807, 2.05) is 0 Å². The van der Waals surface area contributed by atoms with Crippen LogP contribution in [0.4, 0.5) is 11.4 Å². The van der Waals surface area contributed by atoms with Gasteiger partial charge in [-0.25, -0.2) is 0 Å². The molecule has 0 aromatic heterocycles. The summed E-state index contributed by atoms with van der Waals surface area (Å²) in [5.74, 6) is -0.357. The highest BCUT2D eigenvalue weighted by atomic mass is 79.9. The summed E-state index contributed by atoms with van der Waals surface area (Å²) in [6, 6.07) is 10.3. The molecule has 1 aliphatic carbocycles. The van der Waals surface area contributed by atoms with Crippen molar-refractivity contribution in [2.45, 2.75) is 0 Å². The molecule has 0 amide bonds. The molecule has 3 N–H and O–H groups in total. The minimum absolute atomic E-state index is 0.162. The molecule has 2 aromatic rings. The van der Waals surface area contributed by atoms with Crippen molar-refractivity contribution in [3.63, 3.8) is 0 Å². The van der Waals surface area contributed by atoms with E-state index >= 15 is 0 Å². The predicted octanol–water partition coefficient (Wildman–Crippen LogP) is 2.85. The highest BCUT2D eigenvalue weighted by Crippen LogP contribution is 2.35. The Kier molecular flexibility index (Phi) is 3.51. The Balaban J connectivity index is 2.24. The van der Waals surface area contributed by atoms with Crippen LogP contribution in [0.5, 0.6) is 0 Å². The maximum absolute atomic E-state index is 12.7. The Morgan fingerprint density at radius 3 is 2.19 bits per heavy atom. The first kappa shape index (κ1) is 13.8. The Morgan fingerprint density at radius 1 is 0.952 bits per heavy atom. The summed E-state index contributed by atoms with van der Waals surface area (Å²) >= 11 is 3.33. The summed E-state index contributed by atoms with van der Waals surface area (Å²) in [5.41, 5.74) is 8.45. The second-order valence-corrected chi connectivity index (χ2v) is 5.56. The van der Waals surface area contributed by atoms with Crippen molar-refractivity contribution in [1.29, 1.82) is 0 Å². The molecule has 4 nitrogen and oxygen atoms in total. The molecule has 0 saturated carbocycles. The lowest BCUT2D eigenvalue weighted by molar-refractivity contribution is 0.0980. The van der Waals surface area contributed by atoms with Crippen LogP contribution in [-0.2, 0) is 0 Å². The van der Waals surface area contributed by atoms with Crippen LogP contribution in [0.25, 0.3) is 0 Å². The predicted molar refractivity (Wildman–Crippen MR) is 86.4 cm³/mol. The zero-order valence-corrected chi connectivity index (χ0v) is 12.7. The number of hydrogen-bond donors (Lipinski definition) is 2. The number of nitrogen functional groups attached to an aromatic ring is 1. The molecule has 106 valence electrons. The van der Waals surface area contributed by atoms with Crippen molar-refractivity contribution in [2.75, 3.05) is 22.9 Å². The largest absolute Gasteiger partial charge is 0.398 e. The lowest BCUT2D eigenvalue weighted by Crippen LogP contribution is -2.24. The fourth-order valence-electron chi connectivity index (χ4n) is 2.58. The second kappa shape index (κ2) is 5.33. The molecule has 0 heterocycles. The molecule has 5 heteroatoms. The average molecular weight is 345 g/mol. The number of ketones is 2. The lowest BCUT2D eigenvalue weighted by atomic mass is 9.82. The van der Waals surface area contributed by atoms with Crippen LogP contribution < -0.4 is 11.1 Å². The number of halogens is 1. The molecule has 0 unspecified atom stereocenters. The molecule has 0 fully saturated rings. The second-order valence-electron chi connectivity index (χ2n) is 4.77. The summed E-state index contributed by atoms with van der Waals surface area (Å²) in [4.78, 5) is 25.4. The maximum Gasteiger partial charge on any atom is 0.196 e. The van der Waals surface area contributed by atoms with Crippen molar-refractivity contribution in [3.8, 4) is 0 Å². The lowest BCUT2D eigenvalue weighted by Gasteiger charge is -2.22. The van der Waals surface area contributed by atoms with Gasteiger partial charge in [0.1, 0.15) is 0 Å². The highest BCUT2D eigenvalue weighted by Gasteiger charge is 2.33. The van der Waals surface area contributed by atoms with E-state index in [1.54, 1.807) is 36.4 Å². The molecule has 2 aromatic carbocycles. The summed E-state index contributed by atoms with van der Waals surface area (Å²) in [5, 5.41) is 3.90. The van der Waals surface area contributed by atoms with Crippen molar-refractivity contribution in [2.24, 2.45) is 0 Å². The van der Waals surface area contributed by atoms with Gasteiger partial charge in [-0.05, 0) is 12.1 Å². The van der Waals surface area contributed by atoms with Crippen LogP contribution in [0.1, 0.15) is 31.8 Å². The summed E-state index contributed by atoms with van der Waals surface area (Å²) < 4.78 is 0. The monoisotopic (exact) mass is 344 g/mol. The normalized spacial score (nSPS) is 12.8. The van der Waals surface area contributed by atoms with E-state index in [0.717, 1.165) is 5.33 Å². The van der Waals surface area contributed by atoms with Crippen molar-refractivity contribution < 1.29 is 9.59 Å². The molecule has 0 bridgehead atoms. The van der Waals surface area contributed by atoms with Crippen LogP contribution in [-0.4, -0.2) is 23.4 Å². The van der Waals surface area contributed by atoms with E-state index in [2.05, 4.69) is 21.2 Å². The van der Waals surface area contributed by atoms with Gasteiger partial charge >= 0.3 is 0 Å². The Morgan fingerprint density at radius 2 is 1.57 bits per heavy atom. The molecule has 0 spiro atoms. The third-order valence-electron chi connectivity index (χ3n) is 3.52. The number of fused-ring (bicyclic) bond motifs is 2. The van der Waals surface area contributed by atoms with Gasteiger partial charge in [-0.3, -0.25) is 9.59 Å². The fourth-order valence-corrected chi connectivity index (χ4v) is 2.78. The van der Waals surface area contributed by atoms with Gasteiger partial charge in [-0.15, -0.1) is 0 Å². The highest BCUT2D eigenvalue weighted by molar-refractivity contribution is 9.09. The number of nitrogens with one attached hydrogen (secondary N) is 1. The molecular weight excluding hydrogens is 332 g/mol. The van der Waals surface area contributed by atoms with E-state index in [0.29, 0.717) is 40.2 Å². The van der Waals surface area contributed by atoms with Crippen LogP contribution in [0.2, 0.25) is 0 Å². The standard InChI is InChI=1S/C16H13BrN2O2/c17-7-8-19-12-6-5-11(18)13-14(12)16(21)10-4-2-1-3-9(10)15(13)20/h1-6,19H,7-8,18H2. The van der Waals surface area contributed by atoms with Crippen LogP contribution >= 0.6 is 15.9 Å². The van der Waals surface area contributed by atoms with Gasteiger partial charge in [0.25, 0.3) is 0 Å². The molecule has 21 heavy (non-hydrogen) atoms. The van der Waals surface area contributed by atoms with E-state index < -0.39 is 0 Å². The number of benzene rings is 2. The van der Waals surface area contributed by atoms with Crippen molar-refractivity contribution in [3.05, 3.63) is 58.7 Å². The van der Waals surface area contributed by atoms with E-state index in [1.165, 1.54) is 0 Å². The molecule has 3 rings (SSSR count). The third-order valence-corrected chi connectivity index (χ3v) is 3.91. The van der Waals surface area contributed by atoms with Crippen molar-refractivity contribution >= 4 is 38.9 Å². The fraction of sp³-hybridized carbons (Fsp3) is 0.125. The van der Waals surface area contributed by atoms with Gasteiger partial charge in [0.15, 0.2) is 11.6 Å². The number of carbonyl (C=O) groups excluding carboxylic acids is 2. The Hall–Kier alpha value is -2.14. The number of carbonyl (C=O) groups is 2. The van der Waals surface area contributed by atoms with Gasteiger partial charge in [-0.1, -0.05) is 40.2 Å². The molecule has 0 radical (unpaired) electrons. The molecular formula is C16H13BrN2O2. The topological polar surface area (TPSA) is 72.2 Å². The quantitative estimate of drug-likeness (QED) is 0.566. The summed E-state index contributed by atoms with van der Waals surface area (Å²) in [6.45, 7) is 0.652. The smallest absolute Gasteiger partial charge is 0.196 e. The maximum atomic E-state index is 12.7. The van der Waals surface area contributed by atoms with E-state index in [4.69, 9.17) is 5.73 Å². The Labute approximate surface area is 130 Å². The van der Waals surface area contributed by atoms with Crippen LogP contribution in [0, 0.1) is 0 Å². The van der Waals surface area contributed by atoms with Gasteiger partial charge in [0.05, 0.1) is 11.1 Å². The number of nitrogens with two attached hydrogens (primary N) is 1. The zero-order chi connectivity index (χ0) is 15.0. The third kappa shape index (κ3) is 2.14. The average Bonchev–Trinajstić information content (AvgIpc) is 2.51. The molecule has 0 saturated heterocycles. The van der Waals surface area contributed by atoms with Gasteiger partial charge in [-0.2, -0.15) is 0 Å². The molecule has 0 atom stereocenters. The van der Waals surface area contributed by atoms with Gasteiger partial charge in [0, 0.05) is 34.4 Å². The van der Waals surface area contributed by atoms with Crippen molar-refractivity contribution in [1.82, 2.24) is 0 Å². The van der Waals surface area contributed by atoms with Gasteiger partial charge < -0.3 is 11.1 Å². The van der Waals surface area contributed by atoms with Crippen LogP contribution in [0.15, 0.2) is 36.4 Å². The number of alkyl halides is 1. The van der Waals surface area contributed by atoms with E-state index in [9.17, 15) is 9.59 Å². The molecule has 1 aliphatic rings. The zero-order valence-electron chi connectivity index (χ0n) is 11.2. The minimum Gasteiger partial charge on any atom is -0.398 e. The Bertz CT molecular complexity index is 756. The summed E-state index contributed by atoms with van der Waals surface area (Å²) in [7, 11) is 0. The number of anilines is 2. The first-order valence-corrected chi connectivity index (χ1v) is 7.68. The number of hydrogen-bond acceptors (Lipinski definition) is 4. The first-order chi connectivity index (χ1) is 10.1. The first-order valence-electron chi connectivity index (χ1n) is 6.56. The molecule has 0 aliphatic heterocycles.